The molecule has 1 heterocycles. The third-order valence-corrected chi connectivity index (χ3v) is 2.18. The summed E-state index contributed by atoms with van der Waals surface area (Å²) in [4.78, 5) is 2.18. The van der Waals surface area contributed by atoms with Crippen LogP contribution in [0.25, 0.3) is 0 Å². The lowest BCUT2D eigenvalue weighted by Crippen LogP contribution is -2.31. The van der Waals surface area contributed by atoms with Gasteiger partial charge in [-0.25, -0.2) is 4.39 Å². The van der Waals surface area contributed by atoms with Gasteiger partial charge in [-0.15, -0.1) is 0 Å². The van der Waals surface area contributed by atoms with Crippen molar-refractivity contribution in [3.8, 4) is 0 Å². The first kappa shape index (κ1) is 7.99. The van der Waals surface area contributed by atoms with Gasteiger partial charge >= 0.3 is 0 Å². The summed E-state index contributed by atoms with van der Waals surface area (Å²) in [7, 11) is 0. The highest BCUT2D eigenvalue weighted by molar-refractivity contribution is 4.87. The van der Waals surface area contributed by atoms with Crippen LogP contribution in [0, 0.1) is 0 Å². The van der Waals surface area contributed by atoms with Gasteiger partial charge in [-0.3, -0.25) is 4.90 Å². The van der Waals surface area contributed by atoms with E-state index >= 15 is 0 Å². The molecular formula is C8H16FN. The fraction of sp³-hybridized carbons (Fsp3) is 1.00. The lowest BCUT2D eigenvalue weighted by atomic mass is 10.1. The molecule has 0 aliphatic carbocycles. The van der Waals surface area contributed by atoms with E-state index in [4.69, 9.17) is 0 Å². The van der Waals surface area contributed by atoms with Crippen LogP contribution in [0.15, 0.2) is 0 Å². The second-order valence-corrected chi connectivity index (χ2v) is 3.73. The summed E-state index contributed by atoms with van der Waals surface area (Å²) >= 11 is 0. The van der Waals surface area contributed by atoms with Crippen LogP contribution in [0.5, 0.6) is 0 Å². The molecule has 0 spiro atoms. The summed E-state index contributed by atoms with van der Waals surface area (Å²) in [5, 5.41) is 0. The smallest absolute Gasteiger partial charge is 0.122 e. The Hall–Kier alpha value is -0.110. The SMILES string of the molecule is CC(C)N1CC[C@@](C)(F)C1. The van der Waals surface area contributed by atoms with Gasteiger partial charge < -0.3 is 0 Å². The Morgan fingerprint density at radius 3 is 2.30 bits per heavy atom. The molecule has 1 atom stereocenters. The van der Waals surface area contributed by atoms with Gasteiger partial charge in [-0.1, -0.05) is 0 Å². The maximum absolute atomic E-state index is 13.2. The van der Waals surface area contributed by atoms with Crippen molar-refractivity contribution in [1.29, 1.82) is 0 Å². The zero-order valence-corrected chi connectivity index (χ0v) is 7.02. The summed E-state index contributed by atoms with van der Waals surface area (Å²) in [5.41, 5.74) is -0.926. The molecule has 0 aromatic carbocycles. The van der Waals surface area contributed by atoms with Crippen molar-refractivity contribution < 1.29 is 4.39 Å². The van der Waals surface area contributed by atoms with Crippen LogP contribution >= 0.6 is 0 Å². The third-order valence-electron chi connectivity index (χ3n) is 2.18. The molecule has 1 saturated heterocycles. The van der Waals surface area contributed by atoms with Crippen molar-refractivity contribution in [1.82, 2.24) is 4.90 Å². The average molecular weight is 145 g/mol. The average Bonchev–Trinajstić information content (AvgIpc) is 2.10. The molecule has 1 rings (SSSR count). The number of likely N-dealkylation sites (tertiary alicyclic amines) is 1. The minimum Gasteiger partial charge on any atom is -0.298 e. The van der Waals surface area contributed by atoms with Crippen LogP contribution in [0.1, 0.15) is 27.2 Å². The Bertz CT molecular complexity index is 120. The maximum atomic E-state index is 13.2. The number of alkyl halides is 1. The normalized spacial score (nSPS) is 35.7. The van der Waals surface area contributed by atoms with Crippen molar-refractivity contribution >= 4 is 0 Å². The molecule has 10 heavy (non-hydrogen) atoms. The molecular weight excluding hydrogens is 129 g/mol. The van der Waals surface area contributed by atoms with Crippen molar-refractivity contribution in [2.24, 2.45) is 0 Å². The zero-order valence-electron chi connectivity index (χ0n) is 7.02. The lowest BCUT2D eigenvalue weighted by molar-refractivity contribution is 0.174. The molecule has 1 aliphatic heterocycles. The second-order valence-electron chi connectivity index (χ2n) is 3.73. The number of nitrogens with zero attached hydrogens (tertiary/aromatic N) is 1. The predicted octanol–water partition coefficient (Wildman–Crippen LogP) is 1.83. The molecule has 0 aromatic rings. The monoisotopic (exact) mass is 145 g/mol. The quantitative estimate of drug-likeness (QED) is 0.544. The molecule has 2 heteroatoms. The van der Waals surface area contributed by atoms with E-state index in [1.54, 1.807) is 6.92 Å². The highest BCUT2D eigenvalue weighted by atomic mass is 19.1. The highest BCUT2D eigenvalue weighted by Gasteiger charge is 2.34. The highest BCUT2D eigenvalue weighted by Crippen LogP contribution is 2.25. The third kappa shape index (κ3) is 1.69. The van der Waals surface area contributed by atoms with Gasteiger partial charge in [0.1, 0.15) is 5.67 Å². The topological polar surface area (TPSA) is 3.24 Å². The Kier molecular flexibility index (Phi) is 1.99. The van der Waals surface area contributed by atoms with E-state index in [9.17, 15) is 4.39 Å². The van der Waals surface area contributed by atoms with E-state index in [0.29, 0.717) is 19.0 Å². The van der Waals surface area contributed by atoms with E-state index in [1.165, 1.54) is 0 Å². The van der Waals surface area contributed by atoms with E-state index in [2.05, 4.69) is 18.7 Å². The Labute approximate surface area is 62.2 Å². The van der Waals surface area contributed by atoms with Crippen molar-refractivity contribution in [3.05, 3.63) is 0 Å². The number of hydrogen-bond acceptors (Lipinski definition) is 1. The molecule has 0 amide bonds. The summed E-state index contributed by atoms with van der Waals surface area (Å²) in [6.45, 7) is 7.45. The summed E-state index contributed by atoms with van der Waals surface area (Å²) in [6, 6.07) is 0.498. The van der Waals surface area contributed by atoms with Crippen molar-refractivity contribution in [2.75, 3.05) is 13.1 Å². The molecule has 0 saturated carbocycles. The molecule has 0 bridgehead atoms. The van der Waals surface area contributed by atoms with Gasteiger partial charge in [0.25, 0.3) is 0 Å². The van der Waals surface area contributed by atoms with Crippen molar-refractivity contribution in [3.63, 3.8) is 0 Å². The Morgan fingerprint density at radius 2 is 2.10 bits per heavy atom. The first-order valence-corrected chi connectivity index (χ1v) is 3.94. The molecule has 1 aliphatic rings. The molecule has 60 valence electrons. The fourth-order valence-corrected chi connectivity index (χ4v) is 1.40. The minimum atomic E-state index is -0.926. The molecule has 0 radical (unpaired) electrons. The number of hydrogen-bond donors (Lipinski definition) is 0. The molecule has 0 N–H and O–H groups in total. The van der Waals surface area contributed by atoms with E-state index in [1.807, 2.05) is 0 Å². The van der Waals surface area contributed by atoms with Crippen LogP contribution in [0.3, 0.4) is 0 Å². The summed E-state index contributed by atoms with van der Waals surface area (Å²) in [5.74, 6) is 0. The van der Waals surface area contributed by atoms with Crippen LogP contribution in [-0.4, -0.2) is 29.7 Å². The predicted molar refractivity (Wildman–Crippen MR) is 40.8 cm³/mol. The lowest BCUT2D eigenvalue weighted by Gasteiger charge is -2.20. The van der Waals surface area contributed by atoms with E-state index in [0.717, 1.165) is 6.54 Å². The largest absolute Gasteiger partial charge is 0.298 e. The summed E-state index contributed by atoms with van der Waals surface area (Å²) < 4.78 is 13.2. The molecule has 0 aromatic heterocycles. The van der Waals surface area contributed by atoms with Gasteiger partial charge in [-0.05, 0) is 27.2 Å². The van der Waals surface area contributed by atoms with Gasteiger partial charge in [0.05, 0.1) is 0 Å². The molecule has 1 fully saturated rings. The van der Waals surface area contributed by atoms with Gasteiger partial charge in [0.15, 0.2) is 0 Å². The van der Waals surface area contributed by atoms with Crippen LogP contribution in [0.2, 0.25) is 0 Å². The van der Waals surface area contributed by atoms with E-state index < -0.39 is 5.67 Å². The molecule has 1 nitrogen and oxygen atoms in total. The Morgan fingerprint density at radius 1 is 1.50 bits per heavy atom. The van der Waals surface area contributed by atoms with Gasteiger partial charge in [0, 0.05) is 19.1 Å². The summed E-state index contributed by atoms with van der Waals surface area (Å²) in [6.07, 6.45) is 0.700. The van der Waals surface area contributed by atoms with Crippen molar-refractivity contribution in [2.45, 2.75) is 38.9 Å². The standard InChI is InChI=1S/C8H16FN/c1-7(2)10-5-4-8(3,9)6-10/h7H,4-6H2,1-3H3/t8-/m1/s1. The van der Waals surface area contributed by atoms with Crippen LogP contribution in [0.4, 0.5) is 4.39 Å². The molecule has 0 unspecified atom stereocenters. The van der Waals surface area contributed by atoms with E-state index in [-0.39, 0.29) is 0 Å². The fourth-order valence-electron chi connectivity index (χ4n) is 1.40. The number of rotatable bonds is 1. The Balaban J connectivity index is 2.43. The first-order valence-electron chi connectivity index (χ1n) is 3.94. The maximum Gasteiger partial charge on any atom is 0.122 e. The van der Waals surface area contributed by atoms with Crippen LogP contribution < -0.4 is 0 Å². The zero-order chi connectivity index (χ0) is 7.78. The van der Waals surface area contributed by atoms with Crippen LogP contribution in [-0.2, 0) is 0 Å². The second kappa shape index (κ2) is 2.50. The minimum absolute atomic E-state index is 0.498. The van der Waals surface area contributed by atoms with Gasteiger partial charge in [-0.2, -0.15) is 0 Å². The first-order chi connectivity index (χ1) is 4.51. The van der Waals surface area contributed by atoms with Gasteiger partial charge in [0.2, 0.25) is 0 Å². The number of halogens is 1.